The fourth-order valence-electron chi connectivity index (χ4n) is 3.30. The van der Waals surface area contributed by atoms with Crippen molar-refractivity contribution < 1.29 is 9.18 Å². The van der Waals surface area contributed by atoms with E-state index >= 15 is 0 Å². The number of carbonyl (C=O) groups is 1. The highest BCUT2D eigenvalue weighted by atomic mass is 19.1. The van der Waals surface area contributed by atoms with Crippen LogP contribution < -0.4 is 0 Å². The number of aryl methyl sites for hydroxylation is 2. The van der Waals surface area contributed by atoms with E-state index in [-0.39, 0.29) is 5.78 Å². The van der Waals surface area contributed by atoms with Crippen LogP contribution >= 0.6 is 0 Å². The van der Waals surface area contributed by atoms with E-state index in [4.69, 9.17) is 0 Å². The second-order valence-electron chi connectivity index (χ2n) is 10.1. The lowest BCUT2D eigenvalue weighted by Crippen LogP contribution is -2.06. The quantitative estimate of drug-likeness (QED) is 0.299. The molecule has 0 amide bonds. The van der Waals surface area contributed by atoms with Crippen molar-refractivity contribution in [2.24, 2.45) is 17.8 Å². The van der Waals surface area contributed by atoms with Gasteiger partial charge in [-0.1, -0.05) is 58.9 Å². The number of ketones is 1. The Morgan fingerprint density at radius 2 is 1.71 bits per heavy atom. The summed E-state index contributed by atoms with van der Waals surface area (Å²) in [5.74, 6) is 2.04. The average molecular weight is 471 g/mol. The molecule has 1 unspecified atom stereocenters. The number of Topliss-reactive ketones (excluding diaryl/α,β-unsaturated/α-hetero) is 1. The minimum absolute atomic E-state index is 0.128. The standard InChI is InChI=1S/C11H15FO.C10H12N2.C9H20/c1-7(2)10(9(5)13)6-11(12)8(3)4;1-3-12-10-6-8(2)4-5-9(10)7-11-12;1-7(2)6-9(5)8(3)4/h6H,3H2,1-2,4-5H3;4-7H,3H2,1-2H3;7-9H,6H2,1-5H3/b11-6+;;. The predicted octanol–water partition coefficient (Wildman–Crippen LogP) is 9.03. The van der Waals surface area contributed by atoms with Crippen molar-refractivity contribution in [3.05, 3.63) is 65.2 Å². The summed E-state index contributed by atoms with van der Waals surface area (Å²) < 4.78 is 15.1. The van der Waals surface area contributed by atoms with Crippen LogP contribution in [0.3, 0.4) is 0 Å². The zero-order chi connectivity index (χ0) is 26.6. The van der Waals surface area contributed by atoms with Crippen LogP contribution in [-0.4, -0.2) is 15.6 Å². The molecular formula is C30H47FN2O. The zero-order valence-electron chi connectivity index (χ0n) is 23.4. The highest BCUT2D eigenvalue weighted by Gasteiger charge is 2.08. The van der Waals surface area contributed by atoms with Crippen molar-refractivity contribution >= 4 is 16.7 Å². The van der Waals surface area contributed by atoms with Gasteiger partial charge in [-0.25, -0.2) is 4.39 Å². The van der Waals surface area contributed by atoms with Crippen LogP contribution in [0.15, 0.2) is 59.6 Å². The van der Waals surface area contributed by atoms with Crippen molar-refractivity contribution in [1.82, 2.24) is 9.78 Å². The van der Waals surface area contributed by atoms with Crippen LogP contribution in [0.4, 0.5) is 4.39 Å². The Hall–Kier alpha value is -2.49. The van der Waals surface area contributed by atoms with E-state index in [9.17, 15) is 9.18 Å². The van der Waals surface area contributed by atoms with Gasteiger partial charge >= 0.3 is 0 Å². The molecule has 0 bridgehead atoms. The number of carbonyl (C=O) groups excluding carboxylic acids is 1. The number of fused-ring (bicyclic) bond motifs is 1. The van der Waals surface area contributed by atoms with Gasteiger partial charge in [-0.2, -0.15) is 5.10 Å². The smallest absolute Gasteiger partial charge is 0.159 e. The van der Waals surface area contributed by atoms with E-state index in [1.54, 1.807) is 20.8 Å². The Balaban J connectivity index is 0.000000489. The molecule has 190 valence electrons. The molecular weight excluding hydrogens is 423 g/mol. The fraction of sp³-hybridized carbons (Fsp3) is 0.533. The molecule has 0 radical (unpaired) electrons. The van der Waals surface area contributed by atoms with Crippen LogP contribution in [0.25, 0.3) is 10.9 Å². The van der Waals surface area contributed by atoms with Crippen molar-refractivity contribution in [2.75, 3.05) is 0 Å². The third-order valence-corrected chi connectivity index (χ3v) is 5.68. The highest BCUT2D eigenvalue weighted by molar-refractivity contribution is 5.96. The van der Waals surface area contributed by atoms with E-state index in [0.29, 0.717) is 11.1 Å². The molecule has 1 aromatic heterocycles. The molecule has 0 aliphatic carbocycles. The van der Waals surface area contributed by atoms with Gasteiger partial charge in [-0.15, -0.1) is 0 Å². The number of aromatic nitrogens is 2. The lowest BCUT2D eigenvalue weighted by Gasteiger charge is -2.16. The summed E-state index contributed by atoms with van der Waals surface area (Å²) in [6, 6.07) is 6.40. The molecule has 34 heavy (non-hydrogen) atoms. The predicted molar refractivity (Wildman–Crippen MR) is 147 cm³/mol. The normalized spacial score (nSPS) is 12.0. The first-order valence-corrected chi connectivity index (χ1v) is 12.3. The second-order valence-corrected chi connectivity index (χ2v) is 10.1. The van der Waals surface area contributed by atoms with Gasteiger partial charge in [-0.3, -0.25) is 9.48 Å². The first-order valence-electron chi connectivity index (χ1n) is 12.3. The summed E-state index contributed by atoms with van der Waals surface area (Å²) in [6.45, 7) is 26.7. The van der Waals surface area contributed by atoms with Gasteiger partial charge in [0, 0.05) is 17.5 Å². The van der Waals surface area contributed by atoms with E-state index < -0.39 is 5.83 Å². The molecule has 0 saturated heterocycles. The van der Waals surface area contributed by atoms with Gasteiger partial charge in [0.05, 0.1) is 11.7 Å². The number of rotatable bonds is 7. The van der Waals surface area contributed by atoms with E-state index in [1.807, 2.05) is 10.9 Å². The molecule has 1 atom stereocenters. The second kappa shape index (κ2) is 15.4. The van der Waals surface area contributed by atoms with Crippen LogP contribution in [0, 0.1) is 24.7 Å². The highest BCUT2D eigenvalue weighted by Crippen LogP contribution is 2.18. The monoisotopic (exact) mass is 470 g/mol. The molecule has 0 fully saturated rings. The first kappa shape index (κ1) is 31.5. The number of halogens is 1. The Labute approximate surface area is 207 Å². The van der Waals surface area contributed by atoms with E-state index in [2.05, 4.69) is 78.3 Å². The Bertz CT molecular complexity index is 988. The van der Waals surface area contributed by atoms with Crippen LogP contribution in [0.1, 0.15) is 81.2 Å². The van der Waals surface area contributed by atoms with E-state index in [1.165, 1.54) is 35.9 Å². The van der Waals surface area contributed by atoms with Gasteiger partial charge in [0.2, 0.25) is 0 Å². The summed E-state index contributed by atoms with van der Waals surface area (Å²) in [5.41, 5.74) is 4.08. The number of benzene rings is 1. The third-order valence-electron chi connectivity index (χ3n) is 5.68. The van der Waals surface area contributed by atoms with E-state index in [0.717, 1.165) is 29.9 Å². The van der Waals surface area contributed by atoms with Gasteiger partial charge < -0.3 is 0 Å². The first-order chi connectivity index (χ1) is 15.7. The van der Waals surface area contributed by atoms with Crippen molar-refractivity contribution in [3.63, 3.8) is 0 Å². The zero-order valence-corrected chi connectivity index (χ0v) is 23.4. The van der Waals surface area contributed by atoms with Crippen molar-refractivity contribution in [3.8, 4) is 0 Å². The summed E-state index contributed by atoms with van der Waals surface area (Å²) in [6.07, 6.45) is 4.52. The molecule has 0 N–H and O–H groups in total. The maximum absolute atomic E-state index is 13.1. The minimum Gasteiger partial charge on any atom is -0.295 e. The topological polar surface area (TPSA) is 34.9 Å². The van der Waals surface area contributed by atoms with Gasteiger partial charge in [0.15, 0.2) is 5.78 Å². The molecule has 2 aromatic rings. The summed E-state index contributed by atoms with van der Waals surface area (Å²) in [4.78, 5) is 11.0. The van der Waals surface area contributed by atoms with Gasteiger partial charge in [0.1, 0.15) is 5.83 Å². The molecule has 1 heterocycles. The summed E-state index contributed by atoms with van der Waals surface area (Å²) in [7, 11) is 0. The third kappa shape index (κ3) is 11.6. The van der Waals surface area contributed by atoms with Crippen LogP contribution in [0.2, 0.25) is 0 Å². The Kier molecular flexibility index (Phi) is 14.3. The molecule has 1 aromatic carbocycles. The lowest BCUT2D eigenvalue weighted by molar-refractivity contribution is -0.113. The lowest BCUT2D eigenvalue weighted by atomic mass is 9.90. The Morgan fingerprint density at radius 3 is 2.09 bits per heavy atom. The molecule has 0 aliphatic rings. The van der Waals surface area contributed by atoms with Gasteiger partial charge in [0.25, 0.3) is 0 Å². The Morgan fingerprint density at radius 1 is 1.12 bits per heavy atom. The molecule has 0 saturated carbocycles. The number of allylic oxidation sites excluding steroid dienone is 5. The maximum Gasteiger partial charge on any atom is 0.159 e. The number of hydrogen-bond donors (Lipinski definition) is 0. The molecule has 3 nitrogen and oxygen atoms in total. The average Bonchev–Trinajstić information content (AvgIpc) is 3.13. The van der Waals surface area contributed by atoms with Crippen molar-refractivity contribution in [2.45, 2.75) is 89.1 Å². The summed E-state index contributed by atoms with van der Waals surface area (Å²) >= 11 is 0. The summed E-state index contributed by atoms with van der Waals surface area (Å²) in [5, 5.41) is 5.50. The molecule has 2 rings (SSSR count). The molecule has 4 heteroatoms. The number of nitrogens with zero attached hydrogens (tertiary/aromatic N) is 2. The molecule has 0 spiro atoms. The number of hydrogen-bond acceptors (Lipinski definition) is 2. The molecule has 0 aliphatic heterocycles. The fourth-order valence-corrected chi connectivity index (χ4v) is 3.30. The van der Waals surface area contributed by atoms with Crippen LogP contribution in [-0.2, 0) is 11.3 Å². The van der Waals surface area contributed by atoms with Crippen molar-refractivity contribution in [1.29, 1.82) is 0 Å². The van der Waals surface area contributed by atoms with Gasteiger partial charge in [-0.05, 0) is 89.0 Å². The minimum atomic E-state index is -0.439. The van der Waals surface area contributed by atoms with Crippen LogP contribution in [0.5, 0.6) is 0 Å². The SMILES string of the molecule is C=C(C)/C(F)=C\C(C(C)=O)=C(C)C.CC(C)CC(C)C(C)C.CCn1ncc2ccc(C)cc21. The largest absolute Gasteiger partial charge is 0.295 e. The maximum atomic E-state index is 13.1.